The maximum Gasteiger partial charge on any atom is 0.229 e. The standard InChI is InChI=1S/C11H14N2OS/c1-2-8-4-3-5-12-11(8)13-7-9(15)6-10(13)14/h3-5,9,15H,2,6-7H2,1H3. The topological polar surface area (TPSA) is 33.2 Å². The van der Waals surface area contributed by atoms with Gasteiger partial charge in [-0.15, -0.1) is 0 Å². The van der Waals surface area contributed by atoms with E-state index < -0.39 is 0 Å². The van der Waals surface area contributed by atoms with Gasteiger partial charge in [-0.2, -0.15) is 12.6 Å². The minimum Gasteiger partial charge on any atom is -0.295 e. The first-order chi connectivity index (χ1) is 7.22. The lowest BCUT2D eigenvalue weighted by atomic mass is 10.2. The molecule has 2 heterocycles. The number of nitrogens with zero attached hydrogens (tertiary/aromatic N) is 2. The van der Waals surface area contributed by atoms with Crippen LogP contribution in [-0.2, 0) is 11.2 Å². The van der Waals surface area contributed by atoms with Gasteiger partial charge in [0.25, 0.3) is 0 Å². The highest BCUT2D eigenvalue weighted by Gasteiger charge is 2.30. The molecule has 15 heavy (non-hydrogen) atoms. The number of carbonyl (C=O) groups is 1. The van der Waals surface area contributed by atoms with E-state index in [1.165, 1.54) is 0 Å². The van der Waals surface area contributed by atoms with Crippen LogP contribution in [0.1, 0.15) is 18.9 Å². The molecule has 1 aliphatic rings. The Hall–Kier alpha value is -1.03. The fraction of sp³-hybridized carbons (Fsp3) is 0.455. The number of hydrogen-bond acceptors (Lipinski definition) is 3. The van der Waals surface area contributed by atoms with Crippen molar-refractivity contribution < 1.29 is 4.79 Å². The van der Waals surface area contributed by atoms with Crippen molar-refractivity contribution in [2.75, 3.05) is 11.4 Å². The first-order valence-electron chi connectivity index (χ1n) is 5.14. The second-order valence-corrected chi connectivity index (χ2v) is 4.43. The fourth-order valence-electron chi connectivity index (χ4n) is 1.84. The lowest BCUT2D eigenvalue weighted by Gasteiger charge is -2.17. The van der Waals surface area contributed by atoms with Crippen molar-refractivity contribution >= 4 is 24.4 Å². The van der Waals surface area contributed by atoms with E-state index in [-0.39, 0.29) is 11.2 Å². The summed E-state index contributed by atoms with van der Waals surface area (Å²) in [6.07, 6.45) is 3.14. The van der Waals surface area contributed by atoms with Crippen LogP contribution in [0.5, 0.6) is 0 Å². The minimum atomic E-state index is 0.128. The van der Waals surface area contributed by atoms with Gasteiger partial charge < -0.3 is 0 Å². The number of aromatic nitrogens is 1. The van der Waals surface area contributed by atoms with Crippen molar-refractivity contribution in [2.24, 2.45) is 0 Å². The van der Waals surface area contributed by atoms with Gasteiger partial charge in [0, 0.05) is 24.4 Å². The largest absolute Gasteiger partial charge is 0.295 e. The van der Waals surface area contributed by atoms with E-state index in [4.69, 9.17) is 0 Å². The van der Waals surface area contributed by atoms with Crippen LogP contribution in [0.3, 0.4) is 0 Å². The molecule has 0 aromatic carbocycles. The third kappa shape index (κ3) is 2.00. The average molecular weight is 222 g/mol. The second kappa shape index (κ2) is 4.23. The molecule has 3 nitrogen and oxygen atoms in total. The molecular weight excluding hydrogens is 208 g/mol. The Bertz CT molecular complexity index is 381. The predicted octanol–water partition coefficient (Wildman–Crippen LogP) is 1.68. The van der Waals surface area contributed by atoms with Crippen molar-refractivity contribution in [3.63, 3.8) is 0 Å². The molecule has 1 unspecified atom stereocenters. The zero-order chi connectivity index (χ0) is 10.8. The summed E-state index contributed by atoms with van der Waals surface area (Å²) >= 11 is 4.33. The Morgan fingerprint density at radius 3 is 3.07 bits per heavy atom. The summed E-state index contributed by atoms with van der Waals surface area (Å²) in [5.41, 5.74) is 1.12. The molecule has 0 aliphatic carbocycles. The molecule has 1 aliphatic heterocycles. The van der Waals surface area contributed by atoms with E-state index >= 15 is 0 Å². The van der Waals surface area contributed by atoms with Crippen LogP contribution in [0, 0.1) is 0 Å². The summed E-state index contributed by atoms with van der Waals surface area (Å²) in [5.74, 6) is 0.935. The first-order valence-corrected chi connectivity index (χ1v) is 5.66. The van der Waals surface area contributed by atoms with Crippen molar-refractivity contribution in [1.29, 1.82) is 0 Å². The molecule has 1 fully saturated rings. The van der Waals surface area contributed by atoms with E-state index in [9.17, 15) is 4.79 Å². The summed E-state index contributed by atoms with van der Waals surface area (Å²) in [4.78, 5) is 17.7. The summed E-state index contributed by atoms with van der Waals surface area (Å²) in [7, 11) is 0. The van der Waals surface area contributed by atoms with E-state index in [0.717, 1.165) is 17.8 Å². The first kappa shape index (κ1) is 10.5. The highest BCUT2D eigenvalue weighted by atomic mass is 32.1. The van der Waals surface area contributed by atoms with Crippen molar-refractivity contribution in [3.8, 4) is 0 Å². The number of hydrogen-bond donors (Lipinski definition) is 1. The van der Waals surface area contributed by atoms with Gasteiger partial charge in [-0.25, -0.2) is 4.98 Å². The van der Waals surface area contributed by atoms with Crippen LogP contribution >= 0.6 is 12.6 Å². The van der Waals surface area contributed by atoms with Gasteiger partial charge in [0.2, 0.25) is 5.91 Å². The zero-order valence-corrected chi connectivity index (χ0v) is 9.58. The van der Waals surface area contributed by atoms with Gasteiger partial charge in [0.1, 0.15) is 5.82 Å². The Balaban J connectivity index is 2.33. The fourth-order valence-corrected chi connectivity index (χ4v) is 2.16. The molecule has 0 N–H and O–H groups in total. The molecular formula is C11H14N2OS. The lowest BCUT2D eigenvalue weighted by molar-refractivity contribution is -0.117. The number of rotatable bonds is 2. The average Bonchev–Trinajstić information content (AvgIpc) is 2.57. The van der Waals surface area contributed by atoms with Crippen LogP contribution in [0.4, 0.5) is 5.82 Å². The summed E-state index contributed by atoms with van der Waals surface area (Å²) in [6.45, 7) is 2.74. The van der Waals surface area contributed by atoms with Gasteiger partial charge in [0.15, 0.2) is 0 Å². The number of amides is 1. The van der Waals surface area contributed by atoms with Crippen LogP contribution < -0.4 is 4.90 Å². The monoisotopic (exact) mass is 222 g/mol. The highest BCUT2D eigenvalue weighted by Crippen LogP contribution is 2.25. The van der Waals surface area contributed by atoms with E-state index in [0.29, 0.717) is 13.0 Å². The Labute approximate surface area is 94.9 Å². The molecule has 80 valence electrons. The smallest absolute Gasteiger partial charge is 0.229 e. The quantitative estimate of drug-likeness (QED) is 0.772. The van der Waals surface area contributed by atoms with Crippen molar-refractivity contribution in [3.05, 3.63) is 23.9 Å². The third-order valence-corrected chi connectivity index (χ3v) is 2.95. The van der Waals surface area contributed by atoms with Crippen molar-refractivity contribution in [2.45, 2.75) is 25.0 Å². The zero-order valence-electron chi connectivity index (χ0n) is 8.68. The number of thiol groups is 1. The molecule has 0 saturated carbocycles. The maximum absolute atomic E-state index is 11.7. The molecule has 0 spiro atoms. The Morgan fingerprint density at radius 1 is 1.67 bits per heavy atom. The summed E-state index contributed by atoms with van der Waals surface area (Å²) in [5, 5.41) is 0.143. The van der Waals surface area contributed by atoms with Crippen LogP contribution in [0.25, 0.3) is 0 Å². The van der Waals surface area contributed by atoms with Crippen LogP contribution in [-0.4, -0.2) is 22.7 Å². The molecule has 0 bridgehead atoms. The number of pyridine rings is 1. The van der Waals surface area contributed by atoms with Crippen LogP contribution in [0.2, 0.25) is 0 Å². The molecule has 1 saturated heterocycles. The number of anilines is 1. The van der Waals surface area contributed by atoms with E-state index in [1.54, 1.807) is 11.1 Å². The summed E-state index contributed by atoms with van der Waals surface area (Å²) in [6, 6.07) is 3.92. The van der Waals surface area contributed by atoms with E-state index in [1.807, 2.05) is 12.1 Å². The molecule has 1 amide bonds. The number of carbonyl (C=O) groups excluding carboxylic acids is 1. The molecule has 2 rings (SSSR count). The highest BCUT2D eigenvalue weighted by molar-refractivity contribution is 7.81. The third-order valence-electron chi connectivity index (χ3n) is 2.61. The second-order valence-electron chi connectivity index (χ2n) is 3.70. The molecule has 4 heteroatoms. The number of aryl methyl sites for hydroxylation is 1. The Morgan fingerprint density at radius 2 is 2.47 bits per heavy atom. The van der Waals surface area contributed by atoms with Gasteiger partial charge >= 0.3 is 0 Å². The normalized spacial score (nSPS) is 21.1. The van der Waals surface area contributed by atoms with Gasteiger partial charge in [-0.3, -0.25) is 9.69 Å². The predicted molar refractivity (Wildman–Crippen MR) is 63.4 cm³/mol. The SMILES string of the molecule is CCc1cccnc1N1CC(S)CC1=O. The van der Waals surface area contributed by atoms with Gasteiger partial charge in [-0.05, 0) is 18.1 Å². The van der Waals surface area contributed by atoms with E-state index in [2.05, 4.69) is 24.5 Å². The van der Waals surface area contributed by atoms with Crippen LogP contribution in [0.15, 0.2) is 18.3 Å². The molecule has 0 radical (unpaired) electrons. The van der Waals surface area contributed by atoms with Gasteiger partial charge in [-0.1, -0.05) is 13.0 Å². The molecule has 1 aromatic heterocycles. The molecule has 1 atom stereocenters. The minimum absolute atomic E-state index is 0.128. The lowest BCUT2D eigenvalue weighted by Crippen LogP contribution is -2.26. The van der Waals surface area contributed by atoms with Gasteiger partial charge in [0.05, 0.1) is 0 Å². The maximum atomic E-state index is 11.7. The summed E-state index contributed by atoms with van der Waals surface area (Å²) < 4.78 is 0. The van der Waals surface area contributed by atoms with Crippen molar-refractivity contribution in [1.82, 2.24) is 4.98 Å². The Kier molecular flexibility index (Phi) is 2.95. The molecule has 1 aromatic rings.